The summed E-state index contributed by atoms with van der Waals surface area (Å²) in [5, 5.41) is 15.4. The van der Waals surface area contributed by atoms with Crippen LogP contribution in [0.1, 0.15) is 0 Å². The van der Waals surface area contributed by atoms with Crippen molar-refractivity contribution < 1.29 is 16.8 Å². The zero-order chi connectivity index (χ0) is 8.04. The molecule has 6 nitrogen and oxygen atoms in total. The van der Waals surface area contributed by atoms with E-state index < -0.39 is 9.15 Å². The highest BCUT2D eigenvalue weighted by atomic mass is 33.2. The van der Waals surface area contributed by atoms with E-state index in [1.54, 1.807) is 0 Å². The molecule has 0 heterocycles. The van der Waals surface area contributed by atoms with Crippen molar-refractivity contribution in [1.29, 1.82) is 10.5 Å². The maximum Gasteiger partial charge on any atom is 0.414 e. The molecule has 0 N–H and O–H groups in total. The van der Waals surface area contributed by atoms with E-state index in [9.17, 15) is 8.42 Å². The Hall–Kier alpha value is -1.12. The molecule has 0 saturated carbocycles. The number of hydrogen-bond donors (Lipinski definition) is 0. The number of nitrogens with zero attached hydrogens (tertiary/aromatic N) is 2. The van der Waals surface area contributed by atoms with Gasteiger partial charge in [0.05, 0.1) is 0 Å². The Balaban J connectivity index is 3.95. The van der Waals surface area contributed by atoms with Crippen LogP contribution in [0.4, 0.5) is 0 Å². The zero-order valence-electron chi connectivity index (χ0n) is 4.34. The molecule has 0 aromatic rings. The normalized spacial score (nSPS) is 9.00. The van der Waals surface area contributed by atoms with E-state index in [2.05, 4.69) is 8.37 Å². The lowest BCUT2D eigenvalue weighted by molar-refractivity contribution is 0.472. The summed E-state index contributed by atoms with van der Waals surface area (Å²) < 4.78 is 27.7. The van der Waals surface area contributed by atoms with Gasteiger partial charge >= 0.3 is 21.7 Å². The Bertz CT molecular complexity index is 269. The van der Waals surface area contributed by atoms with Crippen LogP contribution in [-0.4, -0.2) is 8.42 Å². The van der Waals surface area contributed by atoms with Gasteiger partial charge in [-0.3, -0.25) is 4.18 Å². The van der Waals surface area contributed by atoms with Gasteiger partial charge in [-0.15, -0.1) is 10.5 Å². The van der Waals surface area contributed by atoms with Crippen LogP contribution in [0.25, 0.3) is 0 Å². The van der Waals surface area contributed by atoms with Gasteiger partial charge in [0.1, 0.15) is 0 Å². The van der Waals surface area contributed by atoms with Crippen LogP contribution >= 0.6 is 11.1 Å². The molecule has 0 aromatic heterocycles. The summed E-state index contributed by atoms with van der Waals surface area (Å²) in [5.41, 5.74) is 0. The SMILES string of the molecule is N#COSS(=O)(=O)OC#N. The van der Waals surface area contributed by atoms with Crippen molar-refractivity contribution in [2.75, 3.05) is 0 Å². The van der Waals surface area contributed by atoms with Crippen LogP contribution in [0.2, 0.25) is 0 Å². The molecular formula is C2N2O4S2. The lowest BCUT2D eigenvalue weighted by Crippen LogP contribution is -1.94. The lowest BCUT2D eigenvalue weighted by Gasteiger charge is -1.90. The highest BCUT2D eigenvalue weighted by Crippen LogP contribution is 2.13. The van der Waals surface area contributed by atoms with Gasteiger partial charge in [-0.1, -0.05) is 0 Å². The first-order valence-corrected chi connectivity index (χ1v) is 4.36. The van der Waals surface area contributed by atoms with Gasteiger partial charge in [-0.2, -0.15) is 8.42 Å². The molecule has 0 saturated heterocycles. The van der Waals surface area contributed by atoms with Crippen molar-refractivity contribution in [3.8, 4) is 12.5 Å². The first kappa shape index (κ1) is 8.88. The molecular weight excluding hydrogens is 180 g/mol. The minimum Gasteiger partial charge on any atom is -0.332 e. The predicted octanol–water partition coefficient (Wildman–Crippen LogP) is -0.125. The van der Waals surface area contributed by atoms with E-state index >= 15 is 0 Å². The van der Waals surface area contributed by atoms with Crippen molar-refractivity contribution in [1.82, 2.24) is 0 Å². The third kappa shape index (κ3) is 3.83. The van der Waals surface area contributed by atoms with Crippen LogP contribution in [0.15, 0.2) is 0 Å². The number of nitriles is 2. The Kier molecular flexibility index (Phi) is 3.39. The molecule has 0 atom stereocenters. The fourth-order valence-electron chi connectivity index (χ4n) is 0.116. The second-order valence-corrected chi connectivity index (χ2v) is 3.74. The van der Waals surface area contributed by atoms with Crippen LogP contribution in [0, 0.1) is 23.0 Å². The largest absolute Gasteiger partial charge is 0.414 e. The summed E-state index contributed by atoms with van der Waals surface area (Å²) in [6.07, 6.45) is 2.00. The molecule has 10 heavy (non-hydrogen) atoms. The summed E-state index contributed by atoms with van der Waals surface area (Å²) in [5.74, 6) is 0. The fourth-order valence-corrected chi connectivity index (χ4v) is 0.865. The van der Waals surface area contributed by atoms with Gasteiger partial charge in [-0.25, -0.2) is 0 Å². The summed E-state index contributed by atoms with van der Waals surface area (Å²) >= 11 is -0.230. The molecule has 54 valence electrons. The first-order valence-electron chi connectivity index (χ1n) is 1.69. The van der Waals surface area contributed by atoms with Crippen molar-refractivity contribution >= 4 is 20.2 Å². The summed E-state index contributed by atoms with van der Waals surface area (Å²) in [6.45, 7) is 0. The Labute approximate surface area is 60.7 Å². The Morgan fingerprint density at radius 2 is 1.90 bits per heavy atom. The minimum atomic E-state index is -4.08. The molecule has 0 fully saturated rings. The highest BCUT2D eigenvalue weighted by molar-refractivity contribution is 8.68. The smallest absolute Gasteiger partial charge is 0.332 e. The van der Waals surface area contributed by atoms with E-state index in [0.717, 1.165) is 12.5 Å². The van der Waals surface area contributed by atoms with Gasteiger partial charge < -0.3 is 4.18 Å². The van der Waals surface area contributed by atoms with Crippen molar-refractivity contribution in [2.45, 2.75) is 0 Å². The standard InChI is InChI=1S/C2N2O4S2/c3-1-7-9-10(5,6)8-2-4. The molecule has 8 heteroatoms. The Morgan fingerprint density at radius 3 is 2.30 bits per heavy atom. The Morgan fingerprint density at radius 1 is 1.30 bits per heavy atom. The quantitative estimate of drug-likeness (QED) is 0.339. The topological polar surface area (TPSA) is 100 Å². The van der Waals surface area contributed by atoms with E-state index in [0.29, 0.717) is 0 Å². The zero-order valence-corrected chi connectivity index (χ0v) is 5.98. The average molecular weight is 180 g/mol. The predicted molar refractivity (Wildman–Crippen MR) is 29.9 cm³/mol. The minimum absolute atomic E-state index is 0.230. The third-order valence-corrected chi connectivity index (χ3v) is 1.79. The molecule has 0 radical (unpaired) electrons. The first-order chi connectivity index (χ1) is 4.62. The summed E-state index contributed by atoms with van der Waals surface area (Å²) in [4.78, 5) is 0. The monoisotopic (exact) mass is 180 g/mol. The van der Waals surface area contributed by atoms with Crippen molar-refractivity contribution in [3.05, 3.63) is 0 Å². The summed E-state index contributed by atoms with van der Waals surface area (Å²) in [6, 6.07) is 0. The van der Waals surface area contributed by atoms with Gasteiger partial charge in [0.2, 0.25) is 11.1 Å². The van der Waals surface area contributed by atoms with Crippen LogP contribution in [-0.2, 0) is 17.5 Å². The van der Waals surface area contributed by atoms with Crippen LogP contribution < -0.4 is 0 Å². The second-order valence-electron chi connectivity index (χ2n) is 0.826. The van der Waals surface area contributed by atoms with E-state index in [1.807, 2.05) is 0 Å². The van der Waals surface area contributed by atoms with Crippen LogP contribution in [0.3, 0.4) is 0 Å². The highest BCUT2D eigenvalue weighted by Gasteiger charge is 2.14. The maximum atomic E-state index is 10.2. The molecule has 0 bridgehead atoms. The van der Waals surface area contributed by atoms with E-state index in [-0.39, 0.29) is 11.1 Å². The average Bonchev–Trinajstić information content (AvgIpc) is 1.84. The molecule has 0 aliphatic heterocycles. The molecule has 0 amide bonds. The van der Waals surface area contributed by atoms with Crippen molar-refractivity contribution in [3.63, 3.8) is 0 Å². The summed E-state index contributed by atoms with van der Waals surface area (Å²) in [7, 11) is -4.08. The molecule has 0 aromatic carbocycles. The molecule has 0 unspecified atom stereocenters. The second kappa shape index (κ2) is 3.82. The molecule has 0 rings (SSSR count). The van der Waals surface area contributed by atoms with Gasteiger partial charge in [-0.05, 0) is 0 Å². The van der Waals surface area contributed by atoms with Crippen molar-refractivity contribution in [2.24, 2.45) is 0 Å². The maximum absolute atomic E-state index is 10.2. The van der Waals surface area contributed by atoms with E-state index in [1.165, 1.54) is 0 Å². The van der Waals surface area contributed by atoms with Crippen LogP contribution in [0.5, 0.6) is 0 Å². The molecule has 0 aliphatic rings. The van der Waals surface area contributed by atoms with Gasteiger partial charge in [0.25, 0.3) is 0 Å². The molecule has 0 aliphatic carbocycles. The number of hydrogen-bond acceptors (Lipinski definition) is 7. The van der Waals surface area contributed by atoms with Gasteiger partial charge in [0, 0.05) is 0 Å². The third-order valence-electron chi connectivity index (χ3n) is 0.294. The lowest BCUT2D eigenvalue weighted by atomic mass is 11.6. The fraction of sp³-hybridized carbons (Fsp3) is 0. The number of rotatable bonds is 3. The van der Waals surface area contributed by atoms with E-state index in [4.69, 9.17) is 10.5 Å². The van der Waals surface area contributed by atoms with Gasteiger partial charge in [0.15, 0.2) is 0 Å². The molecule has 0 spiro atoms.